The summed E-state index contributed by atoms with van der Waals surface area (Å²) in [5.74, 6) is 0.0949. The third kappa shape index (κ3) is 7.15. The highest BCUT2D eigenvalue weighted by molar-refractivity contribution is 6.33. The normalized spacial score (nSPS) is 15.8. The van der Waals surface area contributed by atoms with Crippen molar-refractivity contribution in [1.29, 1.82) is 0 Å². The van der Waals surface area contributed by atoms with Crippen LogP contribution in [0.4, 0.5) is 13.2 Å². The molecule has 1 amide bonds. The first-order valence-electron chi connectivity index (χ1n) is 8.75. The number of halogens is 4. The van der Waals surface area contributed by atoms with Crippen molar-refractivity contribution in [2.75, 3.05) is 52.5 Å². The molecule has 0 bridgehead atoms. The first-order chi connectivity index (χ1) is 12.8. The van der Waals surface area contributed by atoms with E-state index in [0.29, 0.717) is 51.6 Å². The summed E-state index contributed by atoms with van der Waals surface area (Å²) in [5.41, 5.74) is 0.164. The van der Waals surface area contributed by atoms with Gasteiger partial charge in [0.1, 0.15) is 6.61 Å². The second-order valence-electron chi connectivity index (χ2n) is 6.07. The van der Waals surface area contributed by atoms with Gasteiger partial charge in [0.25, 0.3) is 5.91 Å². The number of rotatable bonds is 8. The molecule has 0 saturated carbocycles. The largest absolute Gasteiger partial charge is 0.478 e. The van der Waals surface area contributed by atoms with Crippen LogP contribution in [0.15, 0.2) is 12.1 Å². The number of hydrogen-bond acceptors (Lipinski definition) is 5. The summed E-state index contributed by atoms with van der Waals surface area (Å²) >= 11 is 6.10. The topological polar surface area (TPSA) is 54.9 Å². The molecule has 2 heterocycles. The number of alkyl halides is 3. The molecule has 1 saturated heterocycles. The van der Waals surface area contributed by atoms with E-state index in [0.717, 1.165) is 0 Å². The van der Waals surface area contributed by atoms with E-state index < -0.39 is 12.8 Å². The van der Waals surface area contributed by atoms with Crippen LogP contribution in [-0.4, -0.2) is 79.4 Å². The minimum absolute atomic E-state index is 0.0579. The van der Waals surface area contributed by atoms with Gasteiger partial charge in [-0.25, -0.2) is 4.98 Å². The molecule has 2 rings (SSSR count). The predicted octanol–water partition coefficient (Wildman–Crippen LogP) is 2.86. The fourth-order valence-electron chi connectivity index (χ4n) is 2.70. The van der Waals surface area contributed by atoms with Gasteiger partial charge in [0.05, 0.1) is 11.6 Å². The quantitative estimate of drug-likeness (QED) is 0.618. The Morgan fingerprint density at radius 2 is 1.96 bits per heavy atom. The number of hydrogen-bond donors (Lipinski definition) is 0. The second kappa shape index (κ2) is 10.1. The Hall–Kier alpha value is -1.58. The van der Waals surface area contributed by atoms with Gasteiger partial charge in [-0.05, 0) is 19.4 Å². The Kier molecular flexibility index (Phi) is 8.12. The number of ether oxygens (including phenoxy) is 2. The molecule has 1 aliphatic rings. The zero-order valence-electron chi connectivity index (χ0n) is 15.1. The summed E-state index contributed by atoms with van der Waals surface area (Å²) in [7, 11) is 0. The van der Waals surface area contributed by atoms with Crippen molar-refractivity contribution in [2.45, 2.75) is 19.5 Å². The van der Waals surface area contributed by atoms with Gasteiger partial charge in [-0.3, -0.25) is 9.69 Å². The summed E-state index contributed by atoms with van der Waals surface area (Å²) in [6.45, 7) is 3.99. The molecular weight excluding hydrogens is 387 g/mol. The zero-order chi connectivity index (χ0) is 19.9. The molecule has 1 fully saturated rings. The highest BCUT2D eigenvalue weighted by Crippen LogP contribution is 2.20. The molecule has 152 valence electrons. The smallest absolute Gasteiger partial charge is 0.411 e. The Bertz CT molecular complexity index is 623. The number of aromatic nitrogens is 1. The highest BCUT2D eigenvalue weighted by atomic mass is 35.5. The van der Waals surface area contributed by atoms with Crippen LogP contribution in [-0.2, 0) is 4.74 Å². The number of piperazine rings is 1. The molecule has 10 heteroatoms. The van der Waals surface area contributed by atoms with Crippen molar-refractivity contribution in [3.63, 3.8) is 0 Å². The Balaban J connectivity index is 1.77. The predicted molar refractivity (Wildman–Crippen MR) is 94.3 cm³/mol. The van der Waals surface area contributed by atoms with Gasteiger partial charge >= 0.3 is 6.18 Å². The number of carbonyl (C=O) groups is 1. The second-order valence-corrected chi connectivity index (χ2v) is 6.48. The summed E-state index contributed by atoms with van der Waals surface area (Å²) in [6, 6.07) is 3.20. The van der Waals surface area contributed by atoms with E-state index in [1.165, 1.54) is 0 Å². The summed E-state index contributed by atoms with van der Waals surface area (Å²) in [6.07, 6.45) is -3.78. The number of nitrogens with zero attached hydrogens (tertiary/aromatic N) is 3. The van der Waals surface area contributed by atoms with Crippen molar-refractivity contribution in [3.8, 4) is 5.88 Å². The molecule has 0 atom stereocenters. The fraction of sp³-hybridized carbons (Fsp3) is 0.647. The van der Waals surface area contributed by atoms with Crippen molar-refractivity contribution in [3.05, 3.63) is 22.8 Å². The van der Waals surface area contributed by atoms with Crippen LogP contribution in [0.25, 0.3) is 0 Å². The first kappa shape index (κ1) is 21.7. The summed E-state index contributed by atoms with van der Waals surface area (Å²) in [5, 5.41) is 0.271. The maximum atomic E-state index is 12.7. The minimum Gasteiger partial charge on any atom is -0.478 e. The lowest BCUT2D eigenvalue weighted by atomic mass is 10.2. The molecular formula is C17H23ClF3N3O3. The van der Waals surface area contributed by atoms with Crippen LogP contribution in [0.2, 0.25) is 5.02 Å². The molecule has 1 aromatic heterocycles. The van der Waals surface area contributed by atoms with Crippen molar-refractivity contribution < 1.29 is 27.4 Å². The molecule has 0 unspecified atom stereocenters. The van der Waals surface area contributed by atoms with Crippen LogP contribution in [0.1, 0.15) is 23.8 Å². The lowest BCUT2D eigenvalue weighted by Gasteiger charge is -2.34. The molecule has 0 radical (unpaired) electrons. The number of amides is 1. The van der Waals surface area contributed by atoms with Gasteiger partial charge in [-0.15, -0.1) is 0 Å². The van der Waals surface area contributed by atoms with Gasteiger partial charge in [0.2, 0.25) is 5.88 Å². The Morgan fingerprint density at radius 3 is 2.59 bits per heavy atom. The fourth-order valence-corrected chi connectivity index (χ4v) is 2.89. The molecule has 1 aliphatic heterocycles. The molecule has 0 spiro atoms. The molecule has 0 aliphatic carbocycles. The Labute approximate surface area is 161 Å². The molecule has 27 heavy (non-hydrogen) atoms. The van der Waals surface area contributed by atoms with Crippen molar-refractivity contribution in [1.82, 2.24) is 14.8 Å². The third-order valence-corrected chi connectivity index (χ3v) is 4.31. The standard InChI is InChI=1S/C17H23ClF3N3O3/c1-2-27-14-5-4-13(18)15(22-14)16(25)24-9-7-23(8-10-24)6-3-11-26-12-17(19,20)21/h4-5H,2-3,6-12H2,1H3. The van der Waals surface area contributed by atoms with Gasteiger partial charge < -0.3 is 14.4 Å². The van der Waals surface area contributed by atoms with Crippen molar-refractivity contribution >= 4 is 17.5 Å². The monoisotopic (exact) mass is 409 g/mol. The first-order valence-corrected chi connectivity index (χ1v) is 9.13. The summed E-state index contributed by atoms with van der Waals surface area (Å²) in [4.78, 5) is 20.6. The highest BCUT2D eigenvalue weighted by Gasteiger charge is 2.27. The summed E-state index contributed by atoms with van der Waals surface area (Å²) < 4.78 is 45.9. The molecule has 6 nitrogen and oxygen atoms in total. The number of carbonyl (C=O) groups excluding carboxylic acids is 1. The van der Waals surface area contributed by atoms with Gasteiger partial charge in [0.15, 0.2) is 5.69 Å². The maximum Gasteiger partial charge on any atom is 0.411 e. The Morgan fingerprint density at radius 1 is 1.26 bits per heavy atom. The van der Waals surface area contributed by atoms with Crippen LogP contribution in [0.3, 0.4) is 0 Å². The van der Waals surface area contributed by atoms with E-state index in [2.05, 4.69) is 14.6 Å². The van der Waals surface area contributed by atoms with E-state index in [4.69, 9.17) is 16.3 Å². The molecule has 0 N–H and O–H groups in total. The van der Waals surface area contributed by atoms with Gasteiger partial charge in [0, 0.05) is 45.4 Å². The third-order valence-electron chi connectivity index (χ3n) is 4.00. The SMILES string of the molecule is CCOc1ccc(Cl)c(C(=O)N2CCN(CCCOCC(F)(F)F)CC2)n1. The lowest BCUT2D eigenvalue weighted by molar-refractivity contribution is -0.174. The van der Waals surface area contributed by atoms with Gasteiger partial charge in [-0.2, -0.15) is 13.2 Å². The van der Waals surface area contributed by atoms with E-state index in [1.54, 1.807) is 17.0 Å². The van der Waals surface area contributed by atoms with Crippen LogP contribution in [0, 0.1) is 0 Å². The number of pyridine rings is 1. The van der Waals surface area contributed by atoms with E-state index in [-0.39, 0.29) is 23.2 Å². The van der Waals surface area contributed by atoms with Crippen LogP contribution >= 0.6 is 11.6 Å². The van der Waals surface area contributed by atoms with Crippen LogP contribution in [0.5, 0.6) is 5.88 Å². The average Bonchev–Trinajstić information content (AvgIpc) is 2.62. The van der Waals surface area contributed by atoms with Gasteiger partial charge in [-0.1, -0.05) is 11.6 Å². The average molecular weight is 410 g/mol. The minimum atomic E-state index is -4.29. The van der Waals surface area contributed by atoms with E-state index in [9.17, 15) is 18.0 Å². The lowest BCUT2D eigenvalue weighted by Crippen LogP contribution is -2.49. The molecule has 1 aromatic rings. The van der Waals surface area contributed by atoms with Crippen LogP contribution < -0.4 is 4.74 Å². The van der Waals surface area contributed by atoms with Crippen molar-refractivity contribution in [2.24, 2.45) is 0 Å². The van der Waals surface area contributed by atoms with E-state index >= 15 is 0 Å². The van der Waals surface area contributed by atoms with E-state index in [1.807, 2.05) is 6.92 Å². The zero-order valence-corrected chi connectivity index (χ0v) is 15.9. The maximum absolute atomic E-state index is 12.7. The molecule has 0 aromatic carbocycles.